The van der Waals surface area contributed by atoms with Crippen molar-refractivity contribution in [3.05, 3.63) is 0 Å². The molecule has 0 spiro atoms. The summed E-state index contributed by atoms with van der Waals surface area (Å²) in [6.45, 7) is 9.79. The molecule has 2 atom stereocenters. The summed E-state index contributed by atoms with van der Waals surface area (Å²) in [5.41, 5.74) is 0. The minimum absolute atomic E-state index is 0.657. The van der Waals surface area contributed by atoms with Crippen molar-refractivity contribution < 1.29 is 4.74 Å². The lowest BCUT2D eigenvalue weighted by atomic mass is 10.0. The highest BCUT2D eigenvalue weighted by Crippen LogP contribution is 2.20. The van der Waals surface area contributed by atoms with Crippen LogP contribution in [0.2, 0.25) is 0 Å². The highest BCUT2D eigenvalue weighted by atomic mass is 32.2. The van der Waals surface area contributed by atoms with Gasteiger partial charge in [-0.3, -0.25) is 0 Å². The maximum Gasteiger partial charge on any atom is 0.0510 e. The molecule has 0 aromatic rings. The molecule has 96 valence electrons. The summed E-state index contributed by atoms with van der Waals surface area (Å²) < 4.78 is 5.48. The Bertz CT molecular complexity index is 169. The van der Waals surface area contributed by atoms with Gasteiger partial charge in [0.1, 0.15) is 0 Å². The third-order valence-corrected chi connectivity index (χ3v) is 4.26. The third-order valence-electron chi connectivity index (χ3n) is 3.14. The van der Waals surface area contributed by atoms with Gasteiger partial charge in [-0.2, -0.15) is 11.8 Å². The average molecular weight is 245 g/mol. The molecule has 0 aromatic heterocycles. The molecule has 1 fully saturated rings. The molecule has 3 heteroatoms. The second kappa shape index (κ2) is 8.37. The Morgan fingerprint density at radius 2 is 2.25 bits per heavy atom. The summed E-state index contributed by atoms with van der Waals surface area (Å²) in [4.78, 5) is 0. The summed E-state index contributed by atoms with van der Waals surface area (Å²) in [5, 5.41) is 3.61. The monoisotopic (exact) mass is 245 g/mol. The van der Waals surface area contributed by atoms with Crippen LogP contribution in [0.1, 0.15) is 33.6 Å². The van der Waals surface area contributed by atoms with Crippen LogP contribution in [0.25, 0.3) is 0 Å². The Labute approximate surface area is 105 Å². The molecule has 0 bridgehead atoms. The molecule has 1 rings (SSSR count). The molecule has 0 amide bonds. The highest BCUT2D eigenvalue weighted by Gasteiger charge is 2.24. The molecule has 1 aliphatic rings. The van der Waals surface area contributed by atoms with Crippen molar-refractivity contribution in [3.8, 4) is 0 Å². The molecule has 0 saturated carbocycles. The van der Waals surface area contributed by atoms with E-state index in [1.54, 1.807) is 0 Å². The van der Waals surface area contributed by atoms with E-state index in [2.05, 4.69) is 37.8 Å². The van der Waals surface area contributed by atoms with Crippen LogP contribution in [0.4, 0.5) is 0 Å². The predicted octanol–water partition coefficient (Wildman–Crippen LogP) is 2.78. The van der Waals surface area contributed by atoms with E-state index in [9.17, 15) is 0 Å². The largest absolute Gasteiger partial charge is 0.381 e. The van der Waals surface area contributed by atoms with E-state index in [0.717, 1.165) is 31.6 Å². The molecule has 16 heavy (non-hydrogen) atoms. The fourth-order valence-electron chi connectivity index (χ4n) is 2.02. The van der Waals surface area contributed by atoms with Gasteiger partial charge >= 0.3 is 0 Å². The van der Waals surface area contributed by atoms with E-state index in [0.29, 0.717) is 6.04 Å². The lowest BCUT2D eigenvalue weighted by Gasteiger charge is -2.23. The van der Waals surface area contributed by atoms with E-state index in [1.165, 1.54) is 24.3 Å². The molecule has 2 unspecified atom stereocenters. The number of hydrogen-bond donors (Lipinski definition) is 1. The Morgan fingerprint density at radius 3 is 2.81 bits per heavy atom. The van der Waals surface area contributed by atoms with Gasteiger partial charge in [0.05, 0.1) is 6.61 Å². The fourth-order valence-corrected chi connectivity index (χ4v) is 3.47. The Morgan fingerprint density at radius 1 is 1.44 bits per heavy atom. The zero-order valence-electron chi connectivity index (χ0n) is 11.0. The van der Waals surface area contributed by atoms with Crippen molar-refractivity contribution in [1.82, 2.24) is 5.32 Å². The molecule has 0 radical (unpaired) electrons. The van der Waals surface area contributed by atoms with Crippen LogP contribution in [0.5, 0.6) is 0 Å². The Balaban J connectivity index is 2.17. The maximum atomic E-state index is 5.48. The van der Waals surface area contributed by atoms with Crippen molar-refractivity contribution in [2.45, 2.75) is 39.7 Å². The first-order chi connectivity index (χ1) is 7.74. The smallest absolute Gasteiger partial charge is 0.0510 e. The van der Waals surface area contributed by atoms with Gasteiger partial charge in [0.2, 0.25) is 0 Å². The zero-order valence-corrected chi connectivity index (χ0v) is 11.8. The highest BCUT2D eigenvalue weighted by molar-refractivity contribution is 7.99. The molecule has 1 saturated heterocycles. The van der Waals surface area contributed by atoms with Gasteiger partial charge in [-0.1, -0.05) is 20.8 Å². The van der Waals surface area contributed by atoms with Crippen molar-refractivity contribution in [2.75, 3.05) is 31.3 Å². The normalized spacial score (nSPS) is 22.9. The Kier molecular flexibility index (Phi) is 7.50. The van der Waals surface area contributed by atoms with Gasteiger partial charge in [-0.25, -0.2) is 0 Å². The molecule has 0 aliphatic carbocycles. The molecule has 1 aliphatic heterocycles. The topological polar surface area (TPSA) is 21.3 Å². The van der Waals surface area contributed by atoms with Crippen LogP contribution in [0.15, 0.2) is 0 Å². The average Bonchev–Trinajstić information content (AvgIpc) is 2.75. The van der Waals surface area contributed by atoms with E-state index in [-0.39, 0.29) is 0 Å². The van der Waals surface area contributed by atoms with Crippen molar-refractivity contribution in [1.29, 1.82) is 0 Å². The summed E-state index contributed by atoms with van der Waals surface area (Å²) >= 11 is 2.10. The zero-order chi connectivity index (χ0) is 11.8. The minimum Gasteiger partial charge on any atom is -0.381 e. The molecular weight excluding hydrogens is 218 g/mol. The fraction of sp³-hybridized carbons (Fsp3) is 1.00. The summed E-state index contributed by atoms with van der Waals surface area (Å²) in [5.74, 6) is 4.12. The van der Waals surface area contributed by atoms with Crippen LogP contribution in [0, 0.1) is 11.8 Å². The van der Waals surface area contributed by atoms with E-state index in [1.807, 2.05) is 0 Å². The van der Waals surface area contributed by atoms with Crippen LogP contribution in [0.3, 0.4) is 0 Å². The summed E-state index contributed by atoms with van der Waals surface area (Å²) in [7, 11) is 0. The van der Waals surface area contributed by atoms with E-state index in [4.69, 9.17) is 4.74 Å². The molecular formula is C13H27NOS. The molecule has 0 aromatic carbocycles. The van der Waals surface area contributed by atoms with E-state index < -0.39 is 0 Å². The first-order valence-corrected chi connectivity index (χ1v) is 7.78. The Hall–Kier alpha value is 0.270. The summed E-state index contributed by atoms with van der Waals surface area (Å²) in [6.07, 6.45) is 2.58. The SMILES string of the molecule is CCNC(CSCCC(C)C)C1CCOC1. The minimum atomic E-state index is 0.657. The maximum absolute atomic E-state index is 5.48. The number of ether oxygens (including phenoxy) is 1. The van der Waals surface area contributed by atoms with Gasteiger partial charge < -0.3 is 10.1 Å². The second-order valence-electron chi connectivity index (χ2n) is 5.05. The van der Waals surface area contributed by atoms with Crippen LogP contribution in [-0.2, 0) is 4.74 Å². The number of thioether (sulfide) groups is 1. The quantitative estimate of drug-likeness (QED) is 0.664. The standard InChI is InChI=1S/C13H27NOS/c1-4-14-13(12-5-7-15-9-12)10-16-8-6-11(2)3/h11-14H,4-10H2,1-3H3. The number of hydrogen-bond acceptors (Lipinski definition) is 3. The van der Waals surface area contributed by atoms with Crippen LogP contribution in [-0.4, -0.2) is 37.3 Å². The van der Waals surface area contributed by atoms with Gasteiger partial charge in [0.25, 0.3) is 0 Å². The number of rotatable bonds is 8. The van der Waals surface area contributed by atoms with Crippen molar-refractivity contribution in [2.24, 2.45) is 11.8 Å². The molecule has 1 N–H and O–H groups in total. The van der Waals surface area contributed by atoms with Crippen LogP contribution < -0.4 is 5.32 Å². The molecule has 1 heterocycles. The third kappa shape index (κ3) is 5.55. The van der Waals surface area contributed by atoms with Gasteiger partial charge in [0.15, 0.2) is 0 Å². The van der Waals surface area contributed by atoms with Crippen molar-refractivity contribution in [3.63, 3.8) is 0 Å². The lowest BCUT2D eigenvalue weighted by molar-refractivity contribution is 0.179. The second-order valence-corrected chi connectivity index (χ2v) is 6.20. The van der Waals surface area contributed by atoms with Crippen molar-refractivity contribution >= 4 is 11.8 Å². The van der Waals surface area contributed by atoms with Gasteiger partial charge in [-0.15, -0.1) is 0 Å². The van der Waals surface area contributed by atoms with E-state index >= 15 is 0 Å². The van der Waals surface area contributed by atoms with Gasteiger partial charge in [0, 0.05) is 24.3 Å². The molecule has 2 nitrogen and oxygen atoms in total. The number of nitrogens with one attached hydrogen (secondary N) is 1. The first kappa shape index (κ1) is 14.3. The summed E-state index contributed by atoms with van der Waals surface area (Å²) in [6, 6.07) is 0.657. The lowest BCUT2D eigenvalue weighted by Crippen LogP contribution is -2.38. The van der Waals surface area contributed by atoms with Gasteiger partial charge in [-0.05, 0) is 31.1 Å². The van der Waals surface area contributed by atoms with Crippen LogP contribution >= 0.6 is 11.8 Å². The predicted molar refractivity (Wildman–Crippen MR) is 73.2 cm³/mol. The first-order valence-electron chi connectivity index (χ1n) is 6.63.